The molecule has 0 spiro atoms. The number of ketones is 1. The maximum absolute atomic E-state index is 12.8. The summed E-state index contributed by atoms with van der Waals surface area (Å²) in [7, 11) is 1.16. The van der Waals surface area contributed by atoms with Crippen LogP contribution in [0.1, 0.15) is 69.0 Å². The van der Waals surface area contributed by atoms with Crippen molar-refractivity contribution in [2.75, 3.05) is 13.7 Å². The molecule has 0 fully saturated rings. The number of rotatable bonds is 6. The maximum Gasteiger partial charge on any atom is 0.357 e. The van der Waals surface area contributed by atoms with Crippen LogP contribution in [0.2, 0.25) is 0 Å². The van der Waals surface area contributed by atoms with Crippen LogP contribution in [0.5, 0.6) is 5.75 Å². The minimum atomic E-state index is -0.819. The summed E-state index contributed by atoms with van der Waals surface area (Å²) >= 11 is 0. The summed E-state index contributed by atoms with van der Waals surface area (Å²) in [6.45, 7) is 5.66. The van der Waals surface area contributed by atoms with Crippen LogP contribution in [0.3, 0.4) is 0 Å². The van der Waals surface area contributed by atoms with Gasteiger partial charge in [-0.05, 0) is 36.6 Å². The molecule has 1 heterocycles. The number of esters is 2. The van der Waals surface area contributed by atoms with E-state index in [1.807, 2.05) is 13.8 Å². The van der Waals surface area contributed by atoms with Crippen molar-refractivity contribution in [3.8, 4) is 5.75 Å². The molecule has 142 valence electrons. The average molecular weight is 371 g/mol. The monoisotopic (exact) mass is 371 g/mol. The number of phenolic OH excluding ortho intramolecular Hbond substituents is 1. The van der Waals surface area contributed by atoms with Gasteiger partial charge in [0, 0.05) is 11.8 Å². The molecule has 0 radical (unpaired) electrons. The van der Waals surface area contributed by atoms with Crippen LogP contribution in [-0.4, -0.2) is 41.5 Å². The Kier molecular flexibility index (Phi) is 6.28. The molecule has 7 nitrogen and oxygen atoms in total. The number of carbonyl (C=O) groups excluding carboxylic acids is 3. The fraction of sp³-hybridized carbons (Fsp3) is 0.300. The number of nitrogens with zero attached hydrogens (tertiary/aromatic N) is 1. The van der Waals surface area contributed by atoms with Crippen molar-refractivity contribution in [3.63, 3.8) is 0 Å². The smallest absolute Gasteiger partial charge is 0.357 e. The molecule has 7 heteroatoms. The molecule has 1 aromatic carbocycles. The SMILES string of the molecule is CCOC(=O)c1ncc(C(=O)c2cc(C(C)C)ccc2O)cc1C(=O)OC. The molecule has 0 aliphatic heterocycles. The van der Waals surface area contributed by atoms with Crippen molar-refractivity contribution in [3.05, 3.63) is 58.4 Å². The van der Waals surface area contributed by atoms with E-state index in [1.54, 1.807) is 19.1 Å². The number of hydrogen-bond donors (Lipinski definition) is 1. The average Bonchev–Trinajstić information content (AvgIpc) is 2.66. The molecule has 1 N–H and O–H groups in total. The van der Waals surface area contributed by atoms with E-state index in [0.29, 0.717) is 0 Å². The summed E-state index contributed by atoms with van der Waals surface area (Å²) in [6, 6.07) is 6.00. The van der Waals surface area contributed by atoms with Crippen molar-refractivity contribution in [2.45, 2.75) is 26.7 Å². The Bertz CT molecular complexity index is 888. The van der Waals surface area contributed by atoms with E-state index < -0.39 is 17.7 Å². The van der Waals surface area contributed by atoms with E-state index >= 15 is 0 Å². The predicted octanol–water partition coefficient (Wildman–Crippen LogP) is 3.10. The number of hydrogen-bond acceptors (Lipinski definition) is 7. The van der Waals surface area contributed by atoms with Crippen LogP contribution in [-0.2, 0) is 9.47 Å². The highest BCUT2D eigenvalue weighted by atomic mass is 16.5. The molecule has 0 saturated carbocycles. The van der Waals surface area contributed by atoms with Crippen LogP contribution in [0.4, 0.5) is 0 Å². The Morgan fingerprint density at radius 2 is 1.81 bits per heavy atom. The first-order valence-electron chi connectivity index (χ1n) is 8.43. The number of methoxy groups -OCH3 is 1. The van der Waals surface area contributed by atoms with E-state index in [2.05, 4.69) is 9.72 Å². The zero-order valence-corrected chi connectivity index (χ0v) is 15.6. The molecule has 0 amide bonds. The Morgan fingerprint density at radius 1 is 1.11 bits per heavy atom. The summed E-state index contributed by atoms with van der Waals surface area (Å²) in [5, 5.41) is 10.1. The molecule has 2 rings (SSSR count). The first-order chi connectivity index (χ1) is 12.8. The Labute approximate surface area is 156 Å². The summed E-state index contributed by atoms with van der Waals surface area (Å²) in [6.07, 6.45) is 1.17. The van der Waals surface area contributed by atoms with Crippen LogP contribution in [0.15, 0.2) is 30.5 Å². The Balaban J connectivity index is 2.53. The van der Waals surface area contributed by atoms with Crippen molar-refractivity contribution < 1.29 is 29.0 Å². The van der Waals surface area contributed by atoms with Crippen LogP contribution >= 0.6 is 0 Å². The van der Waals surface area contributed by atoms with Gasteiger partial charge in [0.05, 0.1) is 24.8 Å². The second-order valence-corrected chi connectivity index (χ2v) is 6.09. The Morgan fingerprint density at radius 3 is 2.41 bits per heavy atom. The first kappa shape index (κ1) is 20.1. The summed E-state index contributed by atoms with van der Waals surface area (Å²) in [5.74, 6) is -2.16. The molecular formula is C20H21NO6. The lowest BCUT2D eigenvalue weighted by molar-refractivity contribution is 0.0496. The number of pyridine rings is 1. The number of ether oxygens (including phenoxy) is 2. The minimum Gasteiger partial charge on any atom is -0.507 e. The quantitative estimate of drug-likeness (QED) is 0.615. The first-order valence-corrected chi connectivity index (χ1v) is 8.43. The lowest BCUT2D eigenvalue weighted by Crippen LogP contribution is -2.17. The van der Waals surface area contributed by atoms with Crippen LogP contribution < -0.4 is 0 Å². The second kappa shape index (κ2) is 8.44. The molecule has 0 bridgehead atoms. The van der Waals surface area contributed by atoms with Crippen molar-refractivity contribution >= 4 is 17.7 Å². The van der Waals surface area contributed by atoms with E-state index in [0.717, 1.165) is 12.7 Å². The minimum absolute atomic E-state index is 0.0413. The zero-order chi connectivity index (χ0) is 20.1. The number of aromatic nitrogens is 1. The maximum atomic E-state index is 12.8. The largest absolute Gasteiger partial charge is 0.507 e. The predicted molar refractivity (Wildman–Crippen MR) is 97.2 cm³/mol. The molecule has 2 aromatic rings. The molecule has 0 aliphatic carbocycles. The molecule has 27 heavy (non-hydrogen) atoms. The molecule has 0 atom stereocenters. The standard InChI is InChI=1S/C20H21NO6/c1-5-27-20(25)17-15(19(24)26-4)9-13(10-21-17)18(23)14-8-12(11(2)3)6-7-16(14)22/h6-11,22H,5H2,1-4H3. The highest BCUT2D eigenvalue weighted by molar-refractivity contribution is 6.12. The molecule has 1 aromatic heterocycles. The Hall–Kier alpha value is -3.22. The fourth-order valence-corrected chi connectivity index (χ4v) is 2.47. The van der Waals surface area contributed by atoms with Crippen molar-refractivity contribution in [2.24, 2.45) is 0 Å². The molecule has 0 aliphatic rings. The number of benzene rings is 1. The highest BCUT2D eigenvalue weighted by Crippen LogP contribution is 2.26. The highest BCUT2D eigenvalue weighted by Gasteiger charge is 2.24. The normalized spacial score (nSPS) is 10.6. The lowest BCUT2D eigenvalue weighted by Gasteiger charge is -2.11. The summed E-state index contributed by atoms with van der Waals surface area (Å²) in [5.41, 5.74) is 0.588. The number of carbonyl (C=O) groups is 3. The van der Waals surface area contributed by atoms with Gasteiger partial charge in [-0.25, -0.2) is 14.6 Å². The molecular weight excluding hydrogens is 350 g/mol. The van der Waals surface area contributed by atoms with Gasteiger partial charge in [-0.2, -0.15) is 0 Å². The zero-order valence-electron chi connectivity index (χ0n) is 15.6. The van der Waals surface area contributed by atoms with Crippen molar-refractivity contribution in [1.29, 1.82) is 0 Å². The van der Waals surface area contributed by atoms with E-state index in [1.165, 1.54) is 18.3 Å². The third kappa shape index (κ3) is 4.31. The van der Waals surface area contributed by atoms with Crippen molar-refractivity contribution in [1.82, 2.24) is 4.98 Å². The lowest BCUT2D eigenvalue weighted by atomic mass is 9.95. The van der Waals surface area contributed by atoms with Crippen LogP contribution in [0, 0.1) is 0 Å². The third-order valence-electron chi connectivity index (χ3n) is 3.96. The van der Waals surface area contributed by atoms with Gasteiger partial charge in [0.1, 0.15) is 5.75 Å². The van der Waals surface area contributed by atoms with E-state index in [9.17, 15) is 19.5 Å². The van der Waals surface area contributed by atoms with Gasteiger partial charge < -0.3 is 14.6 Å². The number of aromatic hydroxyl groups is 1. The van der Waals surface area contributed by atoms with Gasteiger partial charge in [-0.1, -0.05) is 19.9 Å². The topological polar surface area (TPSA) is 103 Å². The van der Waals surface area contributed by atoms with Gasteiger partial charge in [-0.3, -0.25) is 4.79 Å². The van der Waals surface area contributed by atoms with Crippen LogP contribution in [0.25, 0.3) is 0 Å². The van der Waals surface area contributed by atoms with E-state index in [-0.39, 0.29) is 40.7 Å². The second-order valence-electron chi connectivity index (χ2n) is 6.09. The summed E-state index contributed by atoms with van der Waals surface area (Å²) < 4.78 is 9.55. The van der Waals surface area contributed by atoms with Gasteiger partial charge >= 0.3 is 11.9 Å². The number of phenols is 1. The third-order valence-corrected chi connectivity index (χ3v) is 3.96. The van der Waals surface area contributed by atoms with E-state index in [4.69, 9.17) is 4.74 Å². The molecule has 0 saturated heterocycles. The fourth-order valence-electron chi connectivity index (χ4n) is 2.47. The summed E-state index contributed by atoms with van der Waals surface area (Å²) in [4.78, 5) is 40.8. The van der Waals surface area contributed by atoms with Gasteiger partial charge in [0.2, 0.25) is 0 Å². The van der Waals surface area contributed by atoms with Gasteiger partial charge in [0.15, 0.2) is 11.5 Å². The van der Waals surface area contributed by atoms with Gasteiger partial charge in [-0.15, -0.1) is 0 Å². The molecule has 0 unspecified atom stereocenters. The van der Waals surface area contributed by atoms with Gasteiger partial charge in [0.25, 0.3) is 0 Å².